The zero-order valence-electron chi connectivity index (χ0n) is 12.7. The summed E-state index contributed by atoms with van der Waals surface area (Å²) in [5.74, 6) is 0.974. The molecule has 3 rings (SSSR count). The Hall–Kier alpha value is -1.39. The molecule has 3 nitrogen and oxygen atoms in total. The van der Waals surface area contributed by atoms with Crippen LogP contribution in [0.3, 0.4) is 0 Å². The molecule has 1 saturated carbocycles. The number of ether oxygens (including phenoxy) is 1. The molecule has 112 valence electrons. The summed E-state index contributed by atoms with van der Waals surface area (Å²) in [5, 5.41) is 4.73. The molecule has 0 aliphatic heterocycles. The molecular weight excluding hydrogens is 280 g/mol. The quantitative estimate of drug-likeness (QED) is 0.848. The topological polar surface area (TPSA) is 34.1 Å². The zero-order chi connectivity index (χ0) is 14.7. The summed E-state index contributed by atoms with van der Waals surface area (Å²) >= 11 is 1.81. The molecule has 2 aromatic rings. The van der Waals surface area contributed by atoms with Crippen molar-refractivity contribution in [1.29, 1.82) is 0 Å². The van der Waals surface area contributed by atoms with Gasteiger partial charge in [0.25, 0.3) is 0 Å². The van der Waals surface area contributed by atoms with Gasteiger partial charge in [-0.3, -0.25) is 0 Å². The van der Waals surface area contributed by atoms with E-state index < -0.39 is 0 Å². The summed E-state index contributed by atoms with van der Waals surface area (Å²) in [6, 6.07) is 8.89. The third-order valence-corrected chi connectivity index (χ3v) is 4.95. The third-order valence-electron chi connectivity index (χ3n) is 3.73. The molecule has 1 heterocycles. The molecule has 0 atom stereocenters. The van der Waals surface area contributed by atoms with Crippen molar-refractivity contribution in [3.8, 4) is 5.75 Å². The van der Waals surface area contributed by atoms with Gasteiger partial charge >= 0.3 is 0 Å². The monoisotopic (exact) mass is 302 g/mol. The molecule has 1 aliphatic carbocycles. The minimum absolute atomic E-state index is 0.688. The predicted octanol–water partition coefficient (Wildman–Crippen LogP) is 3.63. The van der Waals surface area contributed by atoms with E-state index in [9.17, 15) is 0 Å². The molecule has 21 heavy (non-hydrogen) atoms. The summed E-state index contributed by atoms with van der Waals surface area (Å²) in [7, 11) is 0. The highest BCUT2D eigenvalue weighted by Gasteiger charge is 2.21. The fourth-order valence-corrected chi connectivity index (χ4v) is 3.25. The number of aryl methyl sites for hydroxylation is 2. The Kier molecular flexibility index (Phi) is 4.56. The zero-order valence-corrected chi connectivity index (χ0v) is 13.5. The molecule has 0 unspecified atom stereocenters. The van der Waals surface area contributed by atoms with Gasteiger partial charge in [-0.2, -0.15) is 0 Å². The average molecular weight is 302 g/mol. The standard InChI is InChI=1S/C17H22N2OS/c1-12-5-3-4-6-15(12)20-10-9-17-19-13(2)16(21-17)11-18-14-7-8-14/h3-6,14,18H,7-11H2,1-2H3. The first kappa shape index (κ1) is 14.5. The summed E-state index contributed by atoms with van der Waals surface area (Å²) in [5.41, 5.74) is 2.35. The van der Waals surface area contributed by atoms with Crippen molar-refractivity contribution in [2.24, 2.45) is 0 Å². The minimum Gasteiger partial charge on any atom is -0.493 e. The van der Waals surface area contributed by atoms with Gasteiger partial charge in [-0.15, -0.1) is 11.3 Å². The Morgan fingerprint density at radius 3 is 2.86 bits per heavy atom. The van der Waals surface area contributed by atoms with Gasteiger partial charge < -0.3 is 10.1 Å². The van der Waals surface area contributed by atoms with E-state index in [2.05, 4.69) is 30.2 Å². The lowest BCUT2D eigenvalue weighted by Crippen LogP contribution is -2.14. The number of hydrogen-bond acceptors (Lipinski definition) is 4. The van der Waals surface area contributed by atoms with Crippen molar-refractivity contribution in [3.63, 3.8) is 0 Å². The molecular formula is C17H22N2OS. The average Bonchev–Trinajstić information content (AvgIpc) is 3.23. The number of nitrogens with one attached hydrogen (secondary N) is 1. The van der Waals surface area contributed by atoms with E-state index in [1.54, 1.807) is 0 Å². The van der Waals surface area contributed by atoms with Crippen LogP contribution in [-0.4, -0.2) is 17.6 Å². The van der Waals surface area contributed by atoms with E-state index in [1.165, 1.54) is 34.0 Å². The maximum absolute atomic E-state index is 5.85. The van der Waals surface area contributed by atoms with E-state index in [0.29, 0.717) is 6.61 Å². The highest BCUT2D eigenvalue weighted by atomic mass is 32.1. The van der Waals surface area contributed by atoms with Crippen LogP contribution in [0.2, 0.25) is 0 Å². The first-order chi connectivity index (χ1) is 10.2. The van der Waals surface area contributed by atoms with E-state index >= 15 is 0 Å². The first-order valence-corrected chi connectivity index (χ1v) is 8.41. The van der Waals surface area contributed by atoms with Crippen LogP contribution in [0.4, 0.5) is 0 Å². The Bertz CT molecular complexity index is 605. The first-order valence-electron chi connectivity index (χ1n) is 7.59. The molecule has 0 spiro atoms. The van der Waals surface area contributed by atoms with Crippen LogP contribution in [0, 0.1) is 13.8 Å². The van der Waals surface area contributed by atoms with Crippen molar-refractivity contribution in [2.75, 3.05) is 6.61 Å². The number of para-hydroxylation sites is 1. The fraction of sp³-hybridized carbons (Fsp3) is 0.471. The van der Waals surface area contributed by atoms with Gasteiger partial charge in [-0.25, -0.2) is 4.98 Å². The second kappa shape index (κ2) is 6.58. The molecule has 0 bridgehead atoms. The lowest BCUT2D eigenvalue weighted by molar-refractivity contribution is 0.319. The molecule has 1 N–H and O–H groups in total. The molecule has 4 heteroatoms. The highest BCUT2D eigenvalue weighted by molar-refractivity contribution is 7.11. The highest BCUT2D eigenvalue weighted by Crippen LogP contribution is 2.23. The summed E-state index contributed by atoms with van der Waals surface area (Å²) in [6.45, 7) is 5.83. The Labute approximate surface area is 130 Å². The van der Waals surface area contributed by atoms with Crippen molar-refractivity contribution in [1.82, 2.24) is 10.3 Å². The lowest BCUT2D eigenvalue weighted by Gasteiger charge is -2.07. The summed E-state index contributed by atoms with van der Waals surface area (Å²) < 4.78 is 5.85. The van der Waals surface area contributed by atoms with Crippen LogP contribution in [0.5, 0.6) is 5.75 Å². The fourth-order valence-electron chi connectivity index (χ4n) is 2.25. The number of benzene rings is 1. The van der Waals surface area contributed by atoms with Crippen molar-refractivity contribution in [2.45, 2.75) is 45.7 Å². The molecule has 0 radical (unpaired) electrons. The Morgan fingerprint density at radius 2 is 2.10 bits per heavy atom. The summed E-state index contributed by atoms with van der Waals surface area (Å²) in [6.07, 6.45) is 3.53. The second-order valence-electron chi connectivity index (χ2n) is 5.64. The maximum atomic E-state index is 5.85. The van der Waals surface area contributed by atoms with E-state index in [0.717, 1.165) is 24.8 Å². The van der Waals surface area contributed by atoms with Crippen LogP contribution >= 0.6 is 11.3 Å². The van der Waals surface area contributed by atoms with Crippen molar-refractivity contribution >= 4 is 11.3 Å². The van der Waals surface area contributed by atoms with E-state index in [1.807, 2.05) is 29.5 Å². The molecule has 1 aromatic carbocycles. The van der Waals surface area contributed by atoms with Crippen LogP contribution in [-0.2, 0) is 13.0 Å². The molecule has 1 fully saturated rings. The molecule has 0 saturated heterocycles. The van der Waals surface area contributed by atoms with Gasteiger partial charge in [0.05, 0.1) is 17.3 Å². The number of hydrogen-bond donors (Lipinski definition) is 1. The number of aromatic nitrogens is 1. The summed E-state index contributed by atoms with van der Waals surface area (Å²) in [4.78, 5) is 6.03. The molecule has 1 aromatic heterocycles. The predicted molar refractivity (Wildman–Crippen MR) is 87.1 cm³/mol. The lowest BCUT2D eigenvalue weighted by atomic mass is 10.2. The van der Waals surface area contributed by atoms with Gasteiger partial charge in [-0.1, -0.05) is 18.2 Å². The van der Waals surface area contributed by atoms with E-state index in [4.69, 9.17) is 4.74 Å². The van der Waals surface area contributed by atoms with Crippen LogP contribution in [0.1, 0.15) is 34.0 Å². The maximum Gasteiger partial charge on any atom is 0.122 e. The number of rotatable bonds is 7. The van der Waals surface area contributed by atoms with Gasteiger partial charge in [0, 0.05) is 23.9 Å². The van der Waals surface area contributed by atoms with Crippen molar-refractivity contribution in [3.05, 3.63) is 45.4 Å². The van der Waals surface area contributed by atoms with Crippen LogP contribution < -0.4 is 10.1 Å². The molecule has 0 amide bonds. The number of thiazole rings is 1. The number of nitrogens with zero attached hydrogens (tertiary/aromatic N) is 1. The van der Waals surface area contributed by atoms with Gasteiger partial charge in [-0.05, 0) is 38.3 Å². The largest absolute Gasteiger partial charge is 0.493 e. The van der Waals surface area contributed by atoms with Crippen LogP contribution in [0.15, 0.2) is 24.3 Å². The van der Waals surface area contributed by atoms with Gasteiger partial charge in [0.1, 0.15) is 5.75 Å². The minimum atomic E-state index is 0.688. The Balaban J connectivity index is 1.50. The smallest absolute Gasteiger partial charge is 0.122 e. The Morgan fingerprint density at radius 1 is 1.29 bits per heavy atom. The third kappa shape index (κ3) is 4.05. The van der Waals surface area contributed by atoms with Crippen LogP contribution in [0.25, 0.3) is 0 Å². The van der Waals surface area contributed by atoms with Gasteiger partial charge in [0.15, 0.2) is 0 Å². The molecule has 1 aliphatic rings. The van der Waals surface area contributed by atoms with Gasteiger partial charge in [0.2, 0.25) is 0 Å². The SMILES string of the molecule is Cc1ccccc1OCCc1nc(C)c(CNC2CC2)s1. The second-order valence-corrected chi connectivity index (χ2v) is 6.80. The van der Waals surface area contributed by atoms with Crippen molar-refractivity contribution < 1.29 is 4.74 Å². The normalized spacial score (nSPS) is 14.4. The van der Waals surface area contributed by atoms with E-state index in [-0.39, 0.29) is 0 Å².